The van der Waals surface area contributed by atoms with E-state index in [1.807, 2.05) is 6.07 Å². The molecular formula is C11H8BrFN2. The van der Waals surface area contributed by atoms with Crippen LogP contribution in [-0.2, 0) is 0 Å². The van der Waals surface area contributed by atoms with Gasteiger partial charge in [0.25, 0.3) is 0 Å². The average molecular weight is 267 g/mol. The molecule has 2 rings (SSSR count). The van der Waals surface area contributed by atoms with Gasteiger partial charge in [0, 0.05) is 5.56 Å². The van der Waals surface area contributed by atoms with E-state index in [4.69, 9.17) is 0 Å². The minimum absolute atomic E-state index is 0.264. The van der Waals surface area contributed by atoms with Crippen molar-refractivity contribution in [2.75, 3.05) is 0 Å². The molecule has 0 bridgehead atoms. The van der Waals surface area contributed by atoms with E-state index in [-0.39, 0.29) is 5.82 Å². The van der Waals surface area contributed by atoms with Gasteiger partial charge < -0.3 is 0 Å². The Bertz CT molecular complexity index is 479. The van der Waals surface area contributed by atoms with Crippen LogP contribution < -0.4 is 0 Å². The van der Waals surface area contributed by atoms with E-state index in [0.717, 1.165) is 5.56 Å². The summed E-state index contributed by atoms with van der Waals surface area (Å²) in [4.78, 5) is 8.33. The fourth-order valence-electron chi connectivity index (χ4n) is 1.33. The lowest BCUT2D eigenvalue weighted by atomic mass is 10.1. The van der Waals surface area contributed by atoms with Crippen LogP contribution >= 0.6 is 15.9 Å². The Morgan fingerprint density at radius 2 is 2.00 bits per heavy atom. The molecule has 0 saturated heterocycles. The van der Waals surface area contributed by atoms with Gasteiger partial charge in [-0.1, -0.05) is 12.1 Å². The number of nitrogens with zero attached hydrogens (tertiary/aromatic N) is 2. The second-order valence-electron chi connectivity index (χ2n) is 3.13. The van der Waals surface area contributed by atoms with Gasteiger partial charge in [0.15, 0.2) is 0 Å². The first-order valence-corrected chi connectivity index (χ1v) is 5.21. The Kier molecular flexibility index (Phi) is 2.77. The van der Waals surface area contributed by atoms with Gasteiger partial charge in [0.05, 0.1) is 5.69 Å². The van der Waals surface area contributed by atoms with Gasteiger partial charge in [-0.05, 0) is 41.1 Å². The predicted molar refractivity (Wildman–Crippen MR) is 59.9 cm³/mol. The molecule has 0 radical (unpaired) electrons. The van der Waals surface area contributed by atoms with Crippen LogP contribution in [0.3, 0.4) is 0 Å². The third kappa shape index (κ3) is 2.39. The van der Waals surface area contributed by atoms with E-state index in [1.54, 1.807) is 19.1 Å². The Balaban J connectivity index is 2.54. The van der Waals surface area contributed by atoms with Crippen LogP contribution in [0.2, 0.25) is 0 Å². The monoisotopic (exact) mass is 266 g/mol. The summed E-state index contributed by atoms with van der Waals surface area (Å²) in [6, 6.07) is 8.11. The number of hydrogen-bond acceptors (Lipinski definition) is 2. The first-order valence-electron chi connectivity index (χ1n) is 4.42. The van der Waals surface area contributed by atoms with E-state index in [2.05, 4.69) is 25.9 Å². The minimum atomic E-state index is -0.264. The molecule has 2 nitrogen and oxygen atoms in total. The standard InChI is InChI=1S/C11H8BrFN2/c1-7-14-10(6-11(12)15-7)8-3-2-4-9(13)5-8/h2-6H,1H3. The Morgan fingerprint density at radius 1 is 1.20 bits per heavy atom. The zero-order chi connectivity index (χ0) is 10.8. The van der Waals surface area contributed by atoms with Gasteiger partial charge in [-0.3, -0.25) is 0 Å². The van der Waals surface area contributed by atoms with E-state index in [9.17, 15) is 4.39 Å². The topological polar surface area (TPSA) is 25.8 Å². The summed E-state index contributed by atoms with van der Waals surface area (Å²) in [6.07, 6.45) is 0. The maximum absolute atomic E-state index is 13.0. The molecule has 0 spiro atoms. The van der Waals surface area contributed by atoms with Gasteiger partial charge in [0.1, 0.15) is 16.2 Å². The van der Waals surface area contributed by atoms with Gasteiger partial charge in [-0.15, -0.1) is 0 Å². The van der Waals surface area contributed by atoms with Crippen molar-refractivity contribution in [3.63, 3.8) is 0 Å². The molecule has 0 fully saturated rings. The Morgan fingerprint density at radius 3 is 2.67 bits per heavy atom. The highest BCUT2D eigenvalue weighted by Gasteiger charge is 2.03. The molecule has 4 heteroatoms. The lowest BCUT2D eigenvalue weighted by Crippen LogP contribution is -1.92. The molecular weight excluding hydrogens is 259 g/mol. The zero-order valence-corrected chi connectivity index (χ0v) is 9.62. The lowest BCUT2D eigenvalue weighted by molar-refractivity contribution is 0.628. The Hall–Kier alpha value is -1.29. The molecule has 0 saturated carbocycles. The third-order valence-corrected chi connectivity index (χ3v) is 2.33. The van der Waals surface area contributed by atoms with E-state index < -0.39 is 0 Å². The summed E-state index contributed by atoms with van der Waals surface area (Å²) in [7, 11) is 0. The molecule has 76 valence electrons. The van der Waals surface area contributed by atoms with Gasteiger partial charge in [-0.2, -0.15) is 0 Å². The molecule has 2 aromatic rings. The normalized spacial score (nSPS) is 10.3. The van der Waals surface area contributed by atoms with E-state index in [1.165, 1.54) is 12.1 Å². The van der Waals surface area contributed by atoms with Crippen LogP contribution in [-0.4, -0.2) is 9.97 Å². The molecule has 1 aromatic carbocycles. The molecule has 1 aromatic heterocycles. The predicted octanol–water partition coefficient (Wildman–Crippen LogP) is 3.35. The summed E-state index contributed by atoms with van der Waals surface area (Å²) in [5.74, 6) is 0.392. The number of rotatable bonds is 1. The van der Waals surface area contributed by atoms with Crippen molar-refractivity contribution in [1.82, 2.24) is 9.97 Å². The molecule has 15 heavy (non-hydrogen) atoms. The van der Waals surface area contributed by atoms with E-state index in [0.29, 0.717) is 16.1 Å². The molecule has 0 unspecified atom stereocenters. The van der Waals surface area contributed by atoms with Crippen molar-refractivity contribution in [3.8, 4) is 11.3 Å². The second kappa shape index (κ2) is 4.06. The van der Waals surface area contributed by atoms with Crippen molar-refractivity contribution in [2.24, 2.45) is 0 Å². The highest BCUT2D eigenvalue weighted by molar-refractivity contribution is 9.10. The highest BCUT2D eigenvalue weighted by Crippen LogP contribution is 2.20. The maximum Gasteiger partial charge on any atom is 0.127 e. The number of aromatic nitrogens is 2. The quantitative estimate of drug-likeness (QED) is 0.740. The largest absolute Gasteiger partial charge is 0.233 e. The fraction of sp³-hybridized carbons (Fsp3) is 0.0909. The molecule has 0 aliphatic rings. The third-order valence-electron chi connectivity index (χ3n) is 1.93. The SMILES string of the molecule is Cc1nc(Br)cc(-c2cccc(F)c2)n1. The fourth-order valence-corrected chi connectivity index (χ4v) is 1.80. The average Bonchev–Trinajstić information content (AvgIpc) is 2.16. The number of halogens is 2. The first-order chi connectivity index (χ1) is 7.15. The number of hydrogen-bond donors (Lipinski definition) is 0. The molecule has 0 atom stereocenters. The van der Waals surface area contributed by atoms with E-state index >= 15 is 0 Å². The van der Waals surface area contributed by atoms with Crippen molar-refractivity contribution in [1.29, 1.82) is 0 Å². The molecule has 0 aliphatic carbocycles. The van der Waals surface area contributed by atoms with Crippen molar-refractivity contribution in [3.05, 3.63) is 46.6 Å². The van der Waals surface area contributed by atoms with Crippen LogP contribution in [0.4, 0.5) is 4.39 Å². The summed E-state index contributed by atoms with van der Waals surface area (Å²) >= 11 is 3.28. The van der Waals surface area contributed by atoms with Crippen molar-refractivity contribution < 1.29 is 4.39 Å². The van der Waals surface area contributed by atoms with Gasteiger partial charge in [-0.25, -0.2) is 14.4 Å². The van der Waals surface area contributed by atoms with Crippen LogP contribution in [0.5, 0.6) is 0 Å². The second-order valence-corrected chi connectivity index (χ2v) is 3.95. The summed E-state index contributed by atoms with van der Waals surface area (Å²) < 4.78 is 13.7. The molecule has 1 heterocycles. The lowest BCUT2D eigenvalue weighted by Gasteiger charge is -2.02. The number of benzene rings is 1. The molecule has 0 amide bonds. The van der Waals surface area contributed by atoms with Crippen molar-refractivity contribution in [2.45, 2.75) is 6.92 Å². The summed E-state index contributed by atoms with van der Waals surface area (Å²) in [5, 5.41) is 0. The minimum Gasteiger partial charge on any atom is -0.233 e. The maximum atomic E-state index is 13.0. The summed E-state index contributed by atoms with van der Waals surface area (Å²) in [6.45, 7) is 1.80. The van der Waals surface area contributed by atoms with Crippen LogP contribution in [0.25, 0.3) is 11.3 Å². The first kappa shape index (κ1) is 10.2. The van der Waals surface area contributed by atoms with Crippen molar-refractivity contribution >= 4 is 15.9 Å². The van der Waals surface area contributed by atoms with Crippen LogP contribution in [0, 0.1) is 12.7 Å². The molecule has 0 N–H and O–H groups in total. The highest BCUT2D eigenvalue weighted by atomic mass is 79.9. The zero-order valence-electron chi connectivity index (χ0n) is 8.04. The van der Waals surface area contributed by atoms with Gasteiger partial charge >= 0.3 is 0 Å². The summed E-state index contributed by atoms with van der Waals surface area (Å²) in [5.41, 5.74) is 1.47. The van der Waals surface area contributed by atoms with Crippen LogP contribution in [0.15, 0.2) is 34.9 Å². The van der Waals surface area contributed by atoms with Crippen LogP contribution in [0.1, 0.15) is 5.82 Å². The molecule has 0 aliphatic heterocycles. The smallest absolute Gasteiger partial charge is 0.127 e. The number of aryl methyl sites for hydroxylation is 1. The Labute approximate surface area is 95.3 Å². The van der Waals surface area contributed by atoms with Gasteiger partial charge in [0.2, 0.25) is 0 Å².